The maximum absolute atomic E-state index is 10.8. The summed E-state index contributed by atoms with van der Waals surface area (Å²) in [5.41, 5.74) is 4.04. The summed E-state index contributed by atoms with van der Waals surface area (Å²) in [5, 5.41) is 10.8. The highest BCUT2D eigenvalue weighted by molar-refractivity contribution is 5.52. The summed E-state index contributed by atoms with van der Waals surface area (Å²) in [6, 6.07) is 15.6. The van der Waals surface area contributed by atoms with Gasteiger partial charge in [-0.1, -0.05) is 57.2 Å². The van der Waals surface area contributed by atoms with Gasteiger partial charge in [0.15, 0.2) is 0 Å². The minimum atomic E-state index is -0.349. The zero-order valence-corrected chi connectivity index (χ0v) is 12.6. The molecular weight excluding hydrogens is 262 g/mol. The Kier molecular flexibility index (Phi) is 2.90. The van der Waals surface area contributed by atoms with E-state index >= 15 is 0 Å². The van der Waals surface area contributed by atoms with Crippen LogP contribution in [-0.4, -0.2) is 4.92 Å². The standard InChI is InChI=1S/C18H19NO2/c1-17(2)12-18(3,16-7-5-4-6-15(16)17)13-8-10-14(11-9-13)19(20)21/h4-11H,12H2,1-3H3/t18-/m0/s1. The van der Waals surface area contributed by atoms with Crippen LogP contribution in [0.1, 0.15) is 43.9 Å². The topological polar surface area (TPSA) is 43.1 Å². The average molecular weight is 281 g/mol. The molecule has 21 heavy (non-hydrogen) atoms. The lowest BCUT2D eigenvalue weighted by Crippen LogP contribution is -2.23. The minimum absolute atomic E-state index is 0.0881. The number of nitro groups is 1. The SMILES string of the molecule is CC1(C)C[C@@](C)(c2ccc([N+](=O)[O-])cc2)c2ccccc21. The van der Waals surface area contributed by atoms with Crippen LogP contribution >= 0.6 is 0 Å². The third-order valence-corrected chi connectivity index (χ3v) is 4.76. The normalized spacial score (nSPS) is 22.8. The summed E-state index contributed by atoms with van der Waals surface area (Å²) in [7, 11) is 0. The molecule has 0 saturated heterocycles. The van der Waals surface area contributed by atoms with Gasteiger partial charge in [0.2, 0.25) is 0 Å². The van der Waals surface area contributed by atoms with E-state index in [0.717, 1.165) is 12.0 Å². The summed E-state index contributed by atoms with van der Waals surface area (Å²) in [6.07, 6.45) is 1.01. The van der Waals surface area contributed by atoms with Crippen LogP contribution in [0.25, 0.3) is 0 Å². The van der Waals surface area contributed by atoms with Gasteiger partial charge in [0, 0.05) is 17.5 Å². The summed E-state index contributed by atoms with van der Waals surface area (Å²) >= 11 is 0. The Labute approximate surface area is 124 Å². The molecule has 1 aliphatic carbocycles. The molecule has 108 valence electrons. The molecule has 0 spiro atoms. The summed E-state index contributed by atoms with van der Waals surface area (Å²) in [4.78, 5) is 10.5. The Balaban J connectivity index is 2.12. The molecule has 0 unspecified atom stereocenters. The van der Waals surface area contributed by atoms with Crippen LogP contribution in [0.2, 0.25) is 0 Å². The van der Waals surface area contributed by atoms with Crippen molar-refractivity contribution in [2.24, 2.45) is 0 Å². The maximum Gasteiger partial charge on any atom is 0.269 e. The molecule has 0 amide bonds. The van der Waals surface area contributed by atoms with Gasteiger partial charge in [0.25, 0.3) is 5.69 Å². The van der Waals surface area contributed by atoms with Crippen LogP contribution in [0.3, 0.4) is 0 Å². The smallest absolute Gasteiger partial charge is 0.258 e. The van der Waals surface area contributed by atoms with E-state index in [0.29, 0.717) is 0 Å². The molecule has 0 aromatic heterocycles. The van der Waals surface area contributed by atoms with Crippen LogP contribution in [0, 0.1) is 10.1 Å². The van der Waals surface area contributed by atoms with E-state index in [-0.39, 0.29) is 21.4 Å². The molecule has 0 radical (unpaired) electrons. The van der Waals surface area contributed by atoms with Crippen LogP contribution in [-0.2, 0) is 10.8 Å². The van der Waals surface area contributed by atoms with Gasteiger partial charge in [0.1, 0.15) is 0 Å². The second-order valence-corrected chi connectivity index (χ2v) is 6.74. The van der Waals surface area contributed by atoms with E-state index < -0.39 is 0 Å². The molecule has 0 aliphatic heterocycles. The van der Waals surface area contributed by atoms with E-state index in [1.54, 1.807) is 12.1 Å². The second kappa shape index (κ2) is 4.42. The van der Waals surface area contributed by atoms with Crippen molar-refractivity contribution in [1.82, 2.24) is 0 Å². The van der Waals surface area contributed by atoms with Gasteiger partial charge in [-0.15, -0.1) is 0 Å². The van der Waals surface area contributed by atoms with Crippen LogP contribution in [0.5, 0.6) is 0 Å². The molecule has 1 aliphatic rings. The maximum atomic E-state index is 10.8. The molecule has 3 heteroatoms. The third kappa shape index (κ3) is 2.04. The molecule has 0 saturated carbocycles. The molecule has 2 aromatic rings. The molecule has 2 aromatic carbocycles. The van der Waals surface area contributed by atoms with Crippen molar-refractivity contribution in [2.45, 2.75) is 38.0 Å². The van der Waals surface area contributed by atoms with E-state index in [1.807, 2.05) is 12.1 Å². The minimum Gasteiger partial charge on any atom is -0.258 e. The molecule has 0 bridgehead atoms. The molecule has 3 rings (SSSR count). The Morgan fingerprint density at radius 3 is 2.10 bits per heavy atom. The number of fused-ring (bicyclic) bond motifs is 1. The van der Waals surface area contributed by atoms with Crippen LogP contribution in [0.4, 0.5) is 5.69 Å². The molecule has 1 atom stereocenters. The highest BCUT2D eigenvalue weighted by atomic mass is 16.6. The number of benzene rings is 2. The van der Waals surface area contributed by atoms with E-state index in [2.05, 4.69) is 45.0 Å². The lowest BCUT2D eigenvalue weighted by Gasteiger charge is -2.28. The van der Waals surface area contributed by atoms with E-state index in [1.165, 1.54) is 11.1 Å². The van der Waals surface area contributed by atoms with Gasteiger partial charge in [-0.05, 0) is 28.5 Å². The Morgan fingerprint density at radius 1 is 0.952 bits per heavy atom. The first-order valence-electron chi connectivity index (χ1n) is 7.19. The van der Waals surface area contributed by atoms with Gasteiger partial charge in [-0.25, -0.2) is 0 Å². The zero-order chi connectivity index (χ0) is 15.3. The van der Waals surface area contributed by atoms with E-state index in [9.17, 15) is 10.1 Å². The monoisotopic (exact) mass is 281 g/mol. The Morgan fingerprint density at radius 2 is 1.52 bits per heavy atom. The third-order valence-electron chi connectivity index (χ3n) is 4.76. The van der Waals surface area contributed by atoms with Gasteiger partial charge < -0.3 is 0 Å². The predicted molar refractivity (Wildman–Crippen MR) is 83.6 cm³/mol. The van der Waals surface area contributed by atoms with Crippen molar-refractivity contribution in [2.75, 3.05) is 0 Å². The summed E-state index contributed by atoms with van der Waals surface area (Å²) < 4.78 is 0. The molecule has 0 N–H and O–H groups in total. The lowest BCUT2D eigenvalue weighted by atomic mass is 9.75. The fraction of sp³-hybridized carbons (Fsp3) is 0.333. The number of nitro benzene ring substituents is 1. The van der Waals surface area contributed by atoms with Gasteiger partial charge in [-0.2, -0.15) is 0 Å². The Bertz CT molecular complexity index is 703. The average Bonchev–Trinajstić information content (AvgIpc) is 2.68. The Hall–Kier alpha value is -2.16. The second-order valence-electron chi connectivity index (χ2n) is 6.74. The van der Waals surface area contributed by atoms with Crippen molar-refractivity contribution in [3.05, 3.63) is 75.3 Å². The van der Waals surface area contributed by atoms with Gasteiger partial charge in [0.05, 0.1) is 4.92 Å². The first-order chi connectivity index (χ1) is 9.84. The highest BCUT2D eigenvalue weighted by Crippen LogP contribution is 2.52. The largest absolute Gasteiger partial charge is 0.269 e. The summed E-state index contributed by atoms with van der Waals surface area (Å²) in [5.74, 6) is 0. The number of nitrogens with zero attached hydrogens (tertiary/aromatic N) is 1. The number of hydrogen-bond acceptors (Lipinski definition) is 2. The van der Waals surface area contributed by atoms with Crippen molar-refractivity contribution < 1.29 is 4.92 Å². The van der Waals surface area contributed by atoms with Crippen molar-refractivity contribution in [3.8, 4) is 0 Å². The zero-order valence-electron chi connectivity index (χ0n) is 12.6. The van der Waals surface area contributed by atoms with Gasteiger partial charge >= 0.3 is 0 Å². The molecule has 3 nitrogen and oxygen atoms in total. The van der Waals surface area contributed by atoms with Crippen molar-refractivity contribution >= 4 is 5.69 Å². The first kappa shape index (κ1) is 13.8. The van der Waals surface area contributed by atoms with Crippen molar-refractivity contribution in [1.29, 1.82) is 0 Å². The quantitative estimate of drug-likeness (QED) is 0.597. The summed E-state index contributed by atoms with van der Waals surface area (Å²) in [6.45, 7) is 6.77. The highest BCUT2D eigenvalue weighted by Gasteiger charge is 2.45. The fourth-order valence-corrected chi connectivity index (χ4v) is 3.84. The molecular formula is C18H19NO2. The number of hydrogen-bond donors (Lipinski definition) is 0. The van der Waals surface area contributed by atoms with Crippen LogP contribution in [0.15, 0.2) is 48.5 Å². The van der Waals surface area contributed by atoms with Crippen LogP contribution < -0.4 is 0 Å². The predicted octanol–water partition coefficient (Wildman–Crippen LogP) is 4.58. The first-order valence-corrected chi connectivity index (χ1v) is 7.19. The number of non-ortho nitro benzene ring substituents is 1. The van der Waals surface area contributed by atoms with E-state index in [4.69, 9.17) is 0 Å². The molecule has 0 heterocycles. The van der Waals surface area contributed by atoms with Crippen molar-refractivity contribution in [3.63, 3.8) is 0 Å². The van der Waals surface area contributed by atoms with Gasteiger partial charge in [-0.3, -0.25) is 10.1 Å². The fourth-order valence-electron chi connectivity index (χ4n) is 3.84. The number of rotatable bonds is 2. The molecule has 0 fully saturated rings. The lowest BCUT2D eigenvalue weighted by molar-refractivity contribution is -0.384.